The number of benzene rings is 1. The average molecular weight is 367 g/mol. The molecule has 0 aliphatic heterocycles. The fourth-order valence-electron chi connectivity index (χ4n) is 7.24. The smallest absolute Gasteiger partial charge is 0.0656 e. The maximum atomic E-state index is 2.69. The van der Waals surface area contributed by atoms with E-state index in [9.17, 15) is 0 Å². The van der Waals surface area contributed by atoms with Gasteiger partial charge in [0.1, 0.15) is 0 Å². The second-order valence-corrected chi connectivity index (χ2v) is 17.8. The molecule has 1 heteroatoms. The van der Waals surface area contributed by atoms with E-state index in [1.165, 1.54) is 38.5 Å². The minimum absolute atomic E-state index is 0.563. The van der Waals surface area contributed by atoms with E-state index in [1.54, 1.807) is 16.3 Å². The fourth-order valence-corrected chi connectivity index (χ4v) is 8.42. The van der Waals surface area contributed by atoms with Gasteiger partial charge in [-0.2, -0.15) is 0 Å². The van der Waals surface area contributed by atoms with Gasteiger partial charge in [0.05, 0.1) is 8.07 Å². The Morgan fingerprint density at radius 1 is 0.654 bits per heavy atom. The summed E-state index contributed by atoms with van der Waals surface area (Å²) >= 11 is 0. The van der Waals surface area contributed by atoms with Crippen LogP contribution in [0.1, 0.15) is 77.3 Å². The zero-order valence-electron chi connectivity index (χ0n) is 18.1. The molecule has 0 saturated heterocycles. The predicted molar refractivity (Wildman–Crippen MR) is 115 cm³/mol. The molecular weight excluding hydrogens is 328 g/mol. The van der Waals surface area contributed by atoms with Crippen LogP contribution in [0.4, 0.5) is 0 Å². The Morgan fingerprint density at radius 2 is 1.00 bits per heavy atom. The second kappa shape index (κ2) is 4.70. The maximum Gasteiger partial charge on any atom is 0.0776 e. The van der Waals surface area contributed by atoms with Crippen molar-refractivity contribution in [2.45, 2.75) is 96.7 Å². The van der Waals surface area contributed by atoms with Gasteiger partial charge < -0.3 is 0 Å². The lowest BCUT2D eigenvalue weighted by atomic mass is 9.29. The van der Waals surface area contributed by atoms with E-state index in [2.05, 4.69) is 65.5 Å². The summed E-state index contributed by atoms with van der Waals surface area (Å²) in [4.78, 5) is 0. The minimum atomic E-state index is -1.28. The average Bonchev–Trinajstić information content (AvgIpc) is 2.29. The summed E-state index contributed by atoms with van der Waals surface area (Å²) in [6, 6.07) is 8.00. The molecule has 4 bridgehead atoms. The molecule has 6 fully saturated rings. The van der Waals surface area contributed by atoms with Gasteiger partial charge in [0, 0.05) is 0 Å². The molecule has 1 aromatic rings. The van der Waals surface area contributed by atoms with Crippen molar-refractivity contribution < 1.29 is 0 Å². The Balaban J connectivity index is 1.49. The lowest BCUT2D eigenvalue weighted by molar-refractivity contribution is -0.176. The highest BCUT2D eigenvalue weighted by molar-refractivity contribution is 6.88. The summed E-state index contributed by atoms with van der Waals surface area (Å²) in [6.45, 7) is 17.4. The Bertz CT molecular complexity index is 680. The van der Waals surface area contributed by atoms with Crippen LogP contribution in [0.2, 0.25) is 19.6 Å². The zero-order valence-corrected chi connectivity index (χ0v) is 19.1. The number of rotatable bonds is 5. The van der Waals surface area contributed by atoms with E-state index < -0.39 is 8.07 Å². The fraction of sp³-hybridized carbons (Fsp3) is 0.760. The molecule has 142 valence electrons. The van der Waals surface area contributed by atoms with Crippen molar-refractivity contribution >= 4 is 13.3 Å². The topological polar surface area (TPSA) is 0 Å². The summed E-state index contributed by atoms with van der Waals surface area (Å²) < 4.78 is 0. The lowest BCUT2D eigenvalue weighted by Crippen LogP contribution is -2.68. The first-order valence-corrected chi connectivity index (χ1v) is 14.6. The van der Waals surface area contributed by atoms with E-state index in [0.29, 0.717) is 21.7 Å². The third-order valence-electron chi connectivity index (χ3n) is 9.62. The van der Waals surface area contributed by atoms with Crippen molar-refractivity contribution in [1.29, 1.82) is 0 Å². The van der Waals surface area contributed by atoms with Crippen LogP contribution in [0.15, 0.2) is 18.2 Å². The summed E-state index contributed by atoms with van der Waals surface area (Å²) in [7, 11) is -1.28. The molecule has 6 aliphatic rings. The van der Waals surface area contributed by atoms with Crippen LogP contribution in [0.25, 0.3) is 0 Å². The SMILES string of the molecule is CC(C)C12CC(c3cc(C45CC(C(C)C)(C4)C5)cc([Si](C)(C)C)c3)(C1)C2. The van der Waals surface area contributed by atoms with E-state index in [4.69, 9.17) is 0 Å². The van der Waals surface area contributed by atoms with Gasteiger partial charge in [0.15, 0.2) is 0 Å². The molecular formula is C25H38Si. The molecule has 6 saturated carbocycles. The van der Waals surface area contributed by atoms with Crippen LogP contribution < -0.4 is 5.19 Å². The van der Waals surface area contributed by atoms with Gasteiger partial charge in [-0.05, 0) is 83.1 Å². The van der Waals surface area contributed by atoms with E-state index in [-0.39, 0.29) is 0 Å². The Kier molecular flexibility index (Phi) is 3.17. The highest BCUT2D eigenvalue weighted by Gasteiger charge is 2.71. The Hall–Kier alpha value is -0.563. The van der Waals surface area contributed by atoms with Crippen molar-refractivity contribution in [2.75, 3.05) is 0 Å². The summed E-state index contributed by atoms with van der Waals surface area (Å²) in [5, 5.41) is 1.72. The standard InChI is InChI=1S/C25H38Si/c1-17(2)22-11-24(12-22,13-22)19-8-20(10-21(9-19)26(5,6)7)25-14-23(15-25,16-25)18(3)4/h8-10,17-18H,11-16H2,1-7H3. The van der Waals surface area contributed by atoms with E-state index in [1.807, 2.05) is 0 Å². The van der Waals surface area contributed by atoms with Gasteiger partial charge in [0.2, 0.25) is 0 Å². The van der Waals surface area contributed by atoms with Crippen LogP contribution in [0.5, 0.6) is 0 Å². The van der Waals surface area contributed by atoms with Gasteiger partial charge in [0.25, 0.3) is 0 Å². The van der Waals surface area contributed by atoms with Crippen molar-refractivity contribution in [3.05, 3.63) is 29.3 Å². The molecule has 0 aromatic heterocycles. The third-order valence-corrected chi connectivity index (χ3v) is 11.6. The van der Waals surface area contributed by atoms with Crippen LogP contribution in [-0.4, -0.2) is 8.07 Å². The first kappa shape index (κ1) is 17.5. The van der Waals surface area contributed by atoms with Crippen molar-refractivity contribution in [1.82, 2.24) is 0 Å². The highest BCUT2D eigenvalue weighted by Crippen LogP contribution is 2.78. The third kappa shape index (κ3) is 1.97. The first-order valence-electron chi connectivity index (χ1n) is 11.1. The van der Waals surface area contributed by atoms with Gasteiger partial charge in [-0.3, -0.25) is 0 Å². The molecule has 0 radical (unpaired) electrons. The zero-order chi connectivity index (χ0) is 18.8. The molecule has 1 aromatic carbocycles. The molecule has 7 rings (SSSR count). The van der Waals surface area contributed by atoms with E-state index in [0.717, 1.165) is 11.8 Å². The minimum Gasteiger partial charge on any atom is -0.0656 e. The Labute approximate surface area is 162 Å². The van der Waals surface area contributed by atoms with Gasteiger partial charge in [-0.1, -0.05) is 70.7 Å². The van der Waals surface area contributed by atoms with E-state index >= 15 is 0 Å². The highest BCUT2D eigenvalue weighted by atomic mass is 28.3. The second-order valence-electron chi connectivity index (χ2n) is 12.7. The predicted octanol–water partition coefficient (Wildman–Crippen LogP) is 6.39. The maximum absolute atomic E-state index is 2.69. The van der Waals surface area contributed by atoms with Crippen LogP contribution >= 0.6 is 0 Å². The monoisotopic (exact) mass is 366 g/mol. The molecule has 0 spiro atoms. The lowest BCUT2D eigenvalue weighted by Gasteiger charge is -2.75. The molecule has 0 N–H and O–H groups in total. The normalized spacial score (nSPS) is 42.8. The Morgan fingerprint density at radius 3 is 1.27 bits per heavy atom. The summed E-state index contributed by atoms with van der Waals surface area (Å²) in [6.07, 6.45) is 8.80. The number of hydrogen-bond acceptors (Lipinski definition) is 0. The summed E-state index contributed by atoms with van der Waals surface area (Å²) in [5.74, 6) is 1.74. The first-order chi connectivity index (χ1) is 11.9. The van der Waals surface area contributed by atoms with Gasteiger partial charge in [-0.25, -0.2) is 0 Å². The molecule has 0 unspecified atom stereocenters. The van der Waals surface area contributed by atoms with Crippen LogP contribution in [0, 0.1) is 22.7 Å². The molecule has 0 amide bonds. The van der Waals surface area contributed by atoms with Gasteiger partial charge in [-0.15, -0.1) is 0 Å². The van der Waals surface area contributed by atoms with Crippen molar-refractivity contribution in [3.8, 4) is 0 Å². The number of hydrogen-bond donors (Lipinski definition) is 0. The molecule has 0 heterocycles. The molecule has 0 nitrogen and oxygen atoms in total. The van der Waals surface area contributed by atoms with Crippen LogP contribution in [-0.2, 0) is 10.8 Å². The molecule has 26 heavy (non-hydrogen) atoms. The largest absolute Gasteiger partial charge is 0.0776 e. The van der Waals surface area contributed by atoms with Crippen molar-refractivity contribution in [2.24, 2.45) is 22.7 Å². The summed E-state index contributed by atoms with van der Waals surface area (Å²) in [5.41, 5.74) is 6.00. The molecule has 0 atom stereocenters. The van der Waals surface area contributed by atoms with Gasteiger partial charge >= 0.3 is 0 Å². The molecule has 6 aliphatic carbocycles. The quantitative estimate of drug-likeness (QED) is 0.530. The van der Waals surface area contributed by atoms with Crippen LogP contribution in [0.3, 0.4) is 0 Å². The van der Waals surface area contributed by atoms with Crippen molar-refractivity contribution in [3.63, 3.8) is 0 Å².